The Kier molecular flexibility index (Phi) is 7.69. The highest BCUT2D eigenvalue weighted by Gasteiger charge is 2.41. The Morgan fingerprint density at radius 2 is 1.59 bits per heavy atom. The lowest BCUT2D eigenvalue weighted by molar-refractivity contribution is -0.705. The molecule has 29 heavy (non-hydrogen) atoms. The van der Waals surface area contributed by atoms with Gasteiger partial charge in [-0.25, -0.2) is 9.55 Å². The third kappa shape index (κ3) is 5.18. The van der Waals surface area contributed by atoms with Gasteiger partial charge in [0.25, 0.3) is 5.82 Å². The molecule has 1 N–H and O–H groups in total. The summed E-state index contributed by atoms with van der Waals surface area (Å²) in [4.78, 5) is 3.64. The largest absolute Gasteiger partial charge is 0.258 e. The van der Waals surface area contributed by atoms with Gasteiger partial charge in [-0.2, -0.15) is 0 Å². The van der Waals surface area contributed by atoms with Crippen LogP contribution >= 0.6 is 0 Å². The van der Waals surface area contributed by atoms with E-state index in [-0.39, 0.29) is 5.41 Å². The Labute approximate surface area is 177 Å². The Hall–Kier alpha value is -2.35. The van der Waals surface area contributed by atoms with Crippen LogP contribution in [0, 0.1) is 0 Å². The molecule has 2 heteroatoms. The van der Waals surface area contributed by atoms with Gasteiger partial charge in [0.05, 0.1) is 12.5 Å². The van der Waals surface area contributed by atoms with Gasteiger partial charge in [-0.3, -0.25) is 0 Å². The second-order valence-corrected chi connectivity index (χ2v) is 8.53. The van der Waals surface area contributed by atoms with Crippen molar-refractivity contribution in [3.63, 3.8) is 0 Å². The zero-order chi connectivity index (χ0) is 20.5. The lowest BCUT2D eigenvalue weighted by Crippen LogP contribution is -2.43. The fourth-order valence-corrected chi connectivity index (χ4v) is 4.71. The van der Waals surface area contributed by atoms with E-state index in [9.17, 15) is 0 Å². The quantitative estimate of drug-likeness (QED) is 0.282. The Bertz CT molecular complexity index is 837. The first-order chi connectivity index (χ1) is 14.2. The Morgan fingerprint density at radius 3 is 2.24 bits per heavy atom. The van der Waals surface area contributed by atoms with Gasteiger partial charge in [0, 0.05) is 5.41 Å². The standard InChI is InChI=1S/C27H36N2/c1-4-6-13-20-29-21-19-28-26(29)25(14-5-2)27(3,24-17-11-8-12-18-24)22-23-15-9-7-10-16-23/h7-12,15-19,21,25H,4-6,13-14,20,22H2,1-3H3/p+1. The van der Waals surface area contributed by atoms with Crippen LogP contribution in [0.4, 0.5) is 0 Å². The van der Waals surface area contributed by atoms with Crippen molar-refractivity contribution in [2.75, 3.05) is 0 Å². The lowest BCUT2D eigenvalue weighted by atomic mass is 9.66. The highest BCUT2D eigenvalue weighted by Crippen LogP contribution is 2.43. The maximum Gasteiger partial charge on any atom is 0.258 e. The van der Waals surface area contributed by atoms with E-state index in [0.717, 1.165) is 13.0 Å². The van der Waals surface area contributed by atoms with Gasteiger partial charge in [-0.1, -0.05) is 94.3 Å². The van der Waals surface area contributed by atoms with E-state index in [0.29, 0.717) is 5.92 Å². The van der Waals surface area contributed by atoms with Crippen LogP contribution in [0.2, 0.25) is 0 Å². The molecule has 0 aliphatic heterocycles. The number of H-pyrrole nitrogens is 1. The normalized spacial score (nSPS) is 14.4. The molecular weight excluding hydrogens is 352 g/mol. The molecule has 1 heterocycles. The molecule has 2 unspecified atom stereocenters. The summed E-state index contributed by atoms with van der Waals surface area (Å²) in [5.74, 6) is 1.82. The van der Waals surface area contributed by atoms with E-state index in [1.54, 1.807) is 0 Å². The van der Waals surface area contributed by atoms with Crippen molar-refractivity contribution >= 4 is 0 Å². The number of benzene rings is 2. The van der Waals surface area contributed by atoms with E-state index in [1.165, 1.54) is 49.1 Å². The number of rotatable bonds is 11. The molecule has 1 aromatic heterocycles. The third-order valence-corrected chi connectivity index (χ3v) is 6.32. The number of nitrogens with zero attached hydrogens (tertiary/aromatic N) is 1. The van der Waals surface area contributed by atoms with Crippen LogP contribution in [0.1, 0.15) is 75.7 Å². The fourth-order valence-electron chi connectivity index (χ4n) is 4.71. The zero-order valence-electron chi connectivity index (χ0n) is 18.4. The van der Waals surface area contributed by atoms with E-state index in [1.807, 2.05) is 0 Å². The van der Waals surface area contributed by atoms with Crippen molar-refractivity contribution < 1.29 is 4.57 Å². The van der Waals surface area contributed by atoms with E-state index < -0.39 is 0 Å². The summed E-state index contributed by atoms with van der Waals surface area (Å²) in [6.45, 7) is 8.15. The van der Waals surface area contributed by atoms with Gasteiger partial charge < -0.3 is 0 Å². The van der Waals surface area contributed by atoms with Crippen LogP contribution in [-0.4, -0.2) is 4.98 Å². The predicted octanol–water partition coefficient (Wildman–Crippen LogP) is 6.58. The zero-order valence-corrected chi connectivity index (χ0v) is 18.4. The summed E-state index contributed by atoms with van der Waals surface area (Å²) in [6.07, 6.45) is 11.5. The number of aryl methyl sites for hydroxylation is 1. The average molecular weight is 390 g/mol. The molecule has 2 nitrogen and oxygen atoms in total. The first-order valence-electron chi connectivity index (χ1n) is 11.3. The number of nitrogens with one attached hydrogen (secondary N) is 1. The highest BCUT2D eigenvalue weighted by atomic mass is 15.1. The maximum atomic E-state index is 3.64. The minimum atomic E-state index is 0.0238. The van der Waals surface area contributed by atoms with Crippen molar-refractivity contribution in [2.24, 2.45) is 0 Å². The molecule has 3 aromatic rings. The van der Waals surface area contributed by atoms with Crippen molar-refractivity contribution in [2.45, 2.75) is 77.2 Å². The first kappa shape index (κ1) is 21.4. The number of aromatic amines is 1. The molecule has 0 saturated carbocycles. The van der Waals surface area contributed by atoms with Gasteiger partial charge in [0.2, 0.25) is 0 Å². The van der Waals surface area contributed by atoms with Gasteiger partial charge in [0.15, 0.2) is 0 Å². The summed E-state index contributed by atoms with van der Waals surface area (Å²) in [6, 6.07) is 22.1. The number of hydrogen-bond acceptors (Lipinski definition) is 0. The molecule has 0 radical (unpaired) electrons. The van der Waals surface area contributed by atoms with Crippen LogP contribution in [0.5, 0.6) is 0 Å². The average Bonchev–Trinajstić information content (AvgIpc) is 3.21. The predicted molar refractivity (Wildman–Crippen MR) is 122 cm³/mol. The van der Waals surface area contributed by atoms with Crippen LogP contribution in [0.25, 0.3) is 0 Å². The van der Waals surface area contributed by atoms with Crippen molar-refractivity contribution in [1.29, 1.82) is 0 Å². The summed E-state index contributed by atoms with van der Waals surface area (Å²) < 4.78 is 2.47. The van der Waals surface area contributed by atoms with E-state index in [4.69, 9.17) is 0 Å². The number of unbranched alkanes of at least 4 members (excludes halogenated alkanes) is 2. The summed E-state index contributed by atoms with van der Waals surface area (Å²) in [7, 11) is 0. The summed E-state index contributed by atoms with van der Waals surface area (Å²) in [5.41, 5.74) is 2.86. The van der Waals surface area contributed by atoms with E-state index in [2.05, 4.69) is 103 Å². The van der Waals surface area contributed by atoms with Crippen molar-refractivity contribution in [3.05, 3.63) is 90.0 Å². The van der Waals surface area contributed by atoms with Crippen LogP contribution in [0.3, 0.4) is 0 Å². The fraction of sp³-hybridized carbons (Fsp3) is 0.444. The molecule has 2 atom stereocenters. The molecule has 0 fully saturated rings. The second-order valence-electron chi connectivity index (χ2n) is 8.53. The molecule has 0 aliphatic carbocycles. The smallest absolute Gasteiger partial charge is 0.247 e. The molecular formula is C27H37N2+. The Morgan fingerprint density at radius 1 is 0.897 bits per heavy atom. The van der Waals surface area contributed by atoms with Gasteiger partial charge in [-0.15, -0.1) is 0 Å². The molecule has 0 spiro atoms. The highest BCUT2D eigenvalue weighted by molar-refractivity contribution is 5.32. The first-order valence-corrected chi connectivity index (χ1v) is 11.3. The molecule has 154 valence electrons. The van der Waals surface area contributed by atoms with Crippen LogP contribution in [-0.2, 0) is 18.4 Å². The van der Waals surface area contributed by atoms with Crippen LogP contribution < -0.4 is 4.57 Å². The number of imidazole rings is 1. The molecule has 0 saturated heterocycles. The molecule has 2 aromatic carbocycles. The van der Waals surface area contributed by atoms with Gasteiger partial charge in [0.1, 0.15) is 12.4 Å². The van der Waals surface area contributed by atoms with Crippen molar-refractivity contribution in [1.82, 2.24) is 4.98 Å². The van der Waals surface area contributed by atoms with Gasteiger partial charge in [-0.05, 0) is 36.8 Å². The molecule has 3 rings (SSSR count). The maximum absolute atomic E-state index is 3.64. The summed E-state index contributed by atoms with van der Waals surface area (Å²) >= 11 is 0. The minimum Gasteiger partial charge on any atom is -0.247 e. The Balaban J connectivity index is 2.02. The minimum absolute atomic E-state index is 0.0238. The number of aromatic nitrogens is 2. The van der Waals surface area contributed by atoms with Crippen LogP contribution in [0.15, 0.2) is 73.1 Å². The third-order valence-electron chi connectivity index (χ3n) is 6.32. The topological polar surface area (TPSA) is 19.7 Å². The summed E-state index contributed by atoms with van der Waals surface area (Å²) in [5, 5.41) is 0. The van der Waals surface area contributed by atoms with Gasteiger partial charge >= 0.3 is 0 Å². The SMILES string of the molecule is CCCCC[n+]1cc[nH]c1C(CCC)C(C)(Cc1ccccc1)c1ccccc1. The molecule has 0 aliphatic rings. The van der Waals surface area contributed by atoms with Crippen molar-refractivity contribution in [3.8, 4) is 0 Å². The second kappa shape index (κ2) is 10.4. The van der Waals surface area contributed by atoms with E-state index >= 15 is 0 Å². The molecule has 0 amide bonds. The lowest BCUT2D eigenvalue weighted by Gasteiger charge is -2.37. The monoisotopic (exact) mass is 389 g/mol. The molecule has 0 bridgehead atoms. The number of hydrogen-bond donors (Lipinski definition) is 1.